The normalized spacial score (nSPS) is 11.1. The second kappa shape index (κ2) is 5.74. The number of anilines is 2. The topological polar surface area (TPSA) is 113 Å². The number of aromatic nitrogens is 5. The molecule has 4 rings (SSSR count). The molecule has 0 aliphatic carbocycles. The second-order valence-electron chi connectivity index (χ2n) is 5.30. The standard InChI is InChI=1S/C16H14N6O2/c1-9-18-15(24-22-9)11-2-3-12-13(7-11)20-16(19-12)21-14-6-10(8-23)4-5-17-14/h2-7,23H,8H2,1H3,(H2,17,19,20,21). The number of hydrogen-bond donors (Lipinski definition) is 3. The van der Waals surface area contributed by atoms with Crippen LogP contribution in [0.2, 0.25) is 0 Å². The monoisotopic (exact) mass is 322 g/mol. The molecule has 0 aliphatic heterocycles. The van der Waals surface area contributed by atoms with E-state index in [0.717, 1.165) is 22.2 Å². The highest BCUT2D eigenvalue weighted by Crippen LogP contribution is 2.24. The van der Waals surface area contributed by atoms with Gasteiger partial charge in [-0.15, -0.1) is 0 Å². The molecule has 4 aromatic rings. The van der Waals surface area contributed by atoms with Gasteiger partial charge < -0.3 is 19.9 Å². The molecular formula is C16H14N6O2. The first-order valence-electron chi connectivity index (χ1n) is 7.34. The molecule has 24 heavy (non-hydrogen) atoms. The minimum absolute atomic E-state index is 0.0374. The molecule has 0 aliphatic rings. The third-order valence-electron chi connectivity index (χ3n) is 3.51. The number of nitrogens with one attached hydrogen (secondary N) is 2. The highest BCUT2D eigenvalue weighted by Gasteiger charge is 2.10. The van der Waals surface area contributed by atoms with Gasteiger partial charge in [0.1, 0.15) is 5.82 Å². The largest absolute Gasteiger partial charge is 0.392 e. The molecule has 0 amide bonds. The number of benzene rings is 1. The Hall–Kier alpha value is -3.26. The summed E-state index contributed by atoms with van der Waals surface area (Å²) >= 11 is 0. The molecule has 3 N–H and O–H groups in total. The van der Waals surface area contributed by atoms with Crippen molar-refractivity contribution in [2.24, 2.45) is 0 Å². The Morgan fingerprint density at radius 1 is 1.21 bits per heavy atom. The van der Waals surface area contributed by atoms with Gasteiger partial charge in [-0.2, -0.15) is 4.98 Å². The molecular weight excluding hydrogens is 308 g/mol. The van der Waals surface area contributed by atoms with Gasteiger partial charge in [0.25, 0.3) is 5.89 Å². The summed E-state index contributed by atoms with van der Waals surface area (Å²) in [4.78, 5) is 16.1. The molecule has 3 aromatic heterocycles. The number of nitrogens with zero attached hydrogens (tertiary/aromatic N) is 4. The molecule has 0 unspecified atom stereocenters. The highest BCUT2D eigenvalue weighted by molar-refractivity contribution is 5.82. The average Bonchev–Trinajstić information content (AvgIpc) is 3.19. The fourth-order valence-corrected chi connectivity index (χ4v) is 2.38. The third-order valence-corrected chi connectivity index (χ3v) is 3.51. The number of aliphatic hydroxyl groups is 1. The summed E-state index contributed by atoms with van der Waals surface area (Å²) in [5, 5.41) is 16.1. The van der Waals surface area contributed by atoms with Gasteiger partial charge in [0, 0.05) is 11.8 Å². The number of aromatic amines is 1. The van der Waals surface area contributed by atoms with E-state index in [-0.39, 0.29) is 6.61 Å². The molecule has 0 radical (unpaired) electrons. The van der Waals surface area contributed by atoms with Crippen LogP contribution < -0.4 is 5.32 Å². The summed E-state index contributed by atoms with van der Waals surface area (Å²) in [5.41, 5.74) is 3.23. The molecule has 120 valence electrons. The van der Waals surface area contributed by atoms with Crippen LogP contribution >= 0.6 is 0 Å². The van der Waals surface area contributed by atoms with Crippen LogP contribution in [-0.2, 0) is 6.61 Å². The number of hydrogen-bond acceptors (Lipinski definition) is 7. The van der Waals surface area contributed by atoms with Gasteiger partial charge in [0.2, 0.25) is 5.95 Å². The minimum atomic E-state index is -0.0374. The van der Waals surface area contributed by atoms with Crippen LogP contribution in [0.1, 0.15) is 11.4 Å². The Kier molecular flexibility index (Phi) is 3.43. The van der Waals surface area contributed by atoms with Gasteiger partial charge in [0.05, 0.1) is 17.6 Å². The van der Waals surface area contributed by atoms with Crippen LogP contribution in [0.25, 0.3) is 22.5 Å². The Balaban J connectivity index is 1.65. The van der Waals surface area contributed by atoms with Gasteiger partial charge in [-0.25, -0.2) is 9.97 Å². The van der Waals surface area contributed by atoms with Crippen molar-refractivity contribution in [1.29, 1.82) is 0 Å². The summed E-state index contributed by atoms with van der Waals surface area (Å²) in [6, 6.07) is 9.17. The number of fused-ring (bicyclic) bond motifs is 1. The van der Waals surface area contributed by atoms with Gasteiger partial charge >= 0.3 is 0 Å². The molecule has 0 fully saturated rings. The maximum absolute atomic E-state index is 9.18. The van der Waals surface area contributed by atoms with Crippen LogP contribution in [-0.4, -0.2) is 30.2 Å². The molecule has 1 aromatic carbocycles. The fraction of sp³-hybridized carbons (Fsp3) is 0.125. The number of pyridine rings is 1. The van der Waals surface area contributed by atoms with Crippen molar-refractivity contribution in [3.05, 3.63) is 47.9 Å². The van der Waals surface area contributed by atoms with Crippen molar-refractivity contribution >= 4 is 22.8 Å². The first-order valence-corrected chi connectivity index (χ1v) is 7.34. The van der Waals surface area contributed by atoms with E-state index >= 15 is 0 Å². The Labute approximate surface area is 136 Å². The van der Waals surface area contributed by atoms with Crippen molar-refractivity contribution in [2.45, 2.75) is 13.5 Å². The number of imidazole rings is 1. The van der Waals surface area contributed by atoms with E-state index in [1.807, 2.05) is 18.2 Å². The smallest absolute Gasteiger partial charge is 0.257 e. The van der Waals surface area contributed by atoms with E-state index < -0.39 is 0 Å². The molecule has 0 saturated heterocycles. The lowest BCUT2D eigenvalue weighted by Crippen LogP contribution is -1.96. The third kappa shape index (κ3) is 2.70. The maximum atomic E-state index is 9.18. The van der Waals surface area contributed by atoms with Crippen molar-refractivity contribution in [2.75, 3.05) is 5.32 Å². The molecule has 0 atom stereocenters. The molecule has 0 bridgehead atoms. The quantitative estimate of drug-likeness (QED) is 0.529. The Morgan fingerprint density at radius 2 is 2.12 bits per heavy atom. The average molecular weight is 322 g/mol. The molecule has 8 nitrogen and oxygen atoms in total. The predicted octanol–water partition coefficient (Wildman–Crippen LogP) is 2.55. The predicted molar refractivity (Wildman–Crippen MR) is 87.6 cm³/mol. The van der Waals surface area contributed by atoms with E-state index in [9.17, 15) is 5.11 Å². The van der Waals surface area contributed by atoms with Crippen molar-refractivity contribution < 1.29 is 9.63 Å². The lowest BCUT2D eigenvalue weighted by molar-refractivity contribution is 0.282. The SMILES string of the molecule is Cc1noc(-c2ccc3nc(Nc4cc(CO)ccn4)[nH]c3c2)n1. The summed E-state index contributed by atoms with van der Waals surface area (Å²) in [6.45, 7) is 1.74. The lowest BCUT2D eigenvalue weighted by atomic mass is 10.2. The number of aryl methyl sites for hydroxylation is 1. The zero-order chi connectivity index (χ0) is 16.5. The van der Waals surface area contributed by atoms with Crippen LogP contribution in [0.15, 0.2) is 41.1 Å². The highest BCUT2D eigenvalue weighted by atomic mass is 16.5. The summed E-state index contributed by atoms with van der Waals surface area (Å²) in [6.07, 6.45) is 1.63. The van der Waals surface area contributed by atoms with E-state index in [0.29, 0.717) is 23.5 Å². The van der Waals surface area contributed by atoms with E-state index in [1.165, 1.54) is 0 Å². The van der Waals surface area contributed by atoms with Crippen molar-refractivity contribution in [3.63, 3.8) is 0 Å². The van der Waals surface area contributed by atoms with E-state index in [1.54, 1.807) is 25.3 Å². The van der Waals surface area contributed by atoms with Crippen LogP contribution in [0.5, 0.6) is 0 Å². The van der Waals surface area contributed by atoms with Crippen LogP contribution in [0.3, 0.4) is 0 Å². The summed E-state index contributed by atoms with van der Waals surface area (Å²) in [5.74, 6) is 2.22. The summed E-state index contributed by atoms with van der Waals surface area (Å²) < 4.78 is 5.18. The lowest BCUT2D eigenvalue weighted by Gasteiger charge is -2.02. The minimum Gasteiger partial charge on any atom is -0.392 e. The molecule has 8 heteroatoms. The number of H-pyrrole nitrogens is 1. The Bertz CT molecular complexity index is 1010. The zero-order valence-electron chi connectivity index (χ0n) is 12.8. The van der Waals surface area contributed by atoms with Crippen molar-refractivity contribution in [1.82, 2.24) is 25.1 Å². The molecule has 0 spiro atoms. The fourth-order valence-electron chi connectivity index (χ4n) is 2.38. The first kappa shape index (κ1) is 14.3. The van der Waals surface area contributed by atoms with Crippen LogP contribution in [0, 0.1) is 6.92 Å². The van der Waals surface area contributed by atoms with Gasteiger partial charge in [-0.05, 0) is 42.8 Å². The second-order valence-corrected chi connectivity index (χ2v) is 5.30. The van der Waals surface area contributed by atoms with E-state index in [4.69, 9.17) is 4.52 Å². The number of rotatable bonds is 4. The van der Waals surface area contributed by atoms with Gasteiger partial charge in [-0.1, -0.05) is 5.16 Å². The Morgan fingerprint density at radius 3 is 2.92 bits per heavy atom. The number of aliphatic hydroxyl groups excluding tert-OH is 1. The maximum Gasteiger partial charge on any atom is 0.257 e. The van der Waals surface area contributed by atoms with E-state index in [2.05, 4.69) is 30.4 Å². The molecule has 3 heterocycles. The van der Waals surface area contributed by atoms with Crippen LogP contribution in [0.4, 0.5) is 11.8 Å². The van der Waals surface area contributed by atoms with Gasteiger partial charge in [0.15, 0.2) is 5.82 Å². The van der Waals surface area contributed by atoms with Crippen molar-refractivity contribution in [3.8, 4) is 11.5 Å². The van der Waals surface area contributed by atoms with Gasteiger partial charge in [-0.3, -0.25) is 0 Å². The summed E-state index contributed by atoms with van der Waals surface area (Å²) in [7, 11) is 0. The zero-order valence-corrected chi connectivity index (χ0v) is 12.8. The molecule has 0 saturated carbocycles. The first-order chi connectivity index (χ1) is 11.7.